The third-order valence-corrected chi connectivity index (χ3v) is 8.21. The van der Waals surface area contributed by atoms with Gasteiger partial charge < -0.3 is 21.1 Å². The molecule has 0 spiro atoms. The van der Waals surface area contributed by atoms with Crippen molar-refractivity contribution in [3.8, 4) is 0 Å². The average molecular weight is 321 g/mol. The van der Waals surface area contributed by atoms with Crippen molar-refractivity contribution in [1.29, 1.82) is 0 Å². The minimum absolute atomic E-state index is 0.0581. The highest BCUT2D eigenvalue weighted by Crippen LogP contribution is 2.64. The Morgan fingerprint density at radius 1 is 1.09 bits per heavy atom. The second kappa shape index (κ2) is 5.04. The van der Waals surface area contributed by atoms with Crippen LogP contribution >= 0.6 is 0 Å². The lowest BCUT2D eigenvalue weighted by molar-refractivity contribution is -0.0853. The van der Waals surface area contributed by atoms with Crippen LogP contribution in [0.15, 0.2) is 11.6 Å². The predicted octanol–water partition coefficient (Wildman–Crippen LogP) is 1.58. The van der Waals surface area contributed by atoms with Crippen LogP contribution in [0.1, 0.15) is 52.4 Å². The van der Waals surface area contributed by atoms with E-state index in [1.54, 1.807) is 0 Å². The molecule has 4 heteroatoms. The smallest absolute Gasteiger partial charge is 0.0757 e. The van der Waals surface area contributed by atoms with Gasteiger partial charge in [0.25, 0.3) is 0 Å². The highest BCUT2D eigenvalue weighted by Gasteiger charge is 2.62. The van der Waals surface area contributed by atoms with Gasteiger partial charge in [-0.15, -0.1) is 0 Å². The van der Waals surface area contributed by atoms with Crippen molar-refractivity contribution in [2.45, 2.75) is 76.7 Å². The third kappa shape index (κ3) is 2.05. The molecule has 130 valence electrons. The lowest BCUT2D eigenvalue weighted by Gasteiger charge is -2.58. The second-order valence-corrected chi connectivity index (χ2v) is 9.16. The summed E-state index contributed by atoms with van der Waals surface area (Å²) in [6.45, 7) is 4.55. The van der Waals surface area contributed by atoms with Crippen molar-refractivity contribution in [3.63, 3.8) is 0 Å². The fourth-order valence-corrected chi connectivity index (χ4v) is 6.69. The maximum absolute atomic E-state index is 10.9. The molecule has 4 aliphatic rings. The Kier molecular flexibility index (Phi) is 3.52. The zero-order valence-corrected chi connectivity index (χ0v) is 14.3. The summed E-state index contributed by atoms with van der Waals surface area (Å²) < 4.78 is 0. The number of fused-ring (bicyclic) bond motifs is 5. The van der Waals surface area contributed by atoms with Crippen LogP contribution in [0.5, 0.6) is 0 Å². The lowest BCUT2D eigenvalue weighted by atomic mass is 9.47. The van der Waals surface area contributed by atoms with E-state index in [-0.39, 0.29) is 28.9 Å². The molecule has 0 aliphatic heterocycles. The molecular formula is C19H31NO3. The predicted molar refractivity (Wildman–Crippen MR) is 88.5 cm³/mol. The molecule has 4 nitrogen and oxygen atoms in total. The minimum Gasteiger partial charge on any atom is -0.393 e. The van der Waals surface area contributed by atoms with Gasteiger partial charge in [-0.05, 0) is 67.1 Å². The van der Waals surface area contributed by atoms with Crippen LogP contribution in [0, 0.1) is 28.6 Å². The molecular weight excluding hydrogens is 290 g/mol. The standard InChI is InChI=1S/C19H31NO3/c1-18-5-3-11(21)7-10(18)8-14(22)16-12(18)4-6-19(2)13(16)9-15(23)17(19)20/h8,11-17,21-23H,3-7,9,20H2,1-2H3/t11?,12-,13+,14?,15?,16-,17?,18+,19+/m1/s1. The summed E-state index contributed by atoms with van der Waals surface area (Å²) in [7, 11) is 0. The molecule has 0 aromatic carbocycles. The SMILES string of the molecule is C[C@]12CCC(O)CC1=CC(O)[C@@H]1[C@H]2CC[C@]2(C)C(N)C(O)C[C@@H]12. The fourth-order valence-electron chi connectivity index (χ4n) is 6.69. The Balaban J connectivity index is 1.73. The summed E-state index contributed by atoms with van der Waals surface area (Å²) in [5.41, 5.74) is 7.64. The first kappa shape index (κ1) is 16.1. The van der Waals surface area contributed by atoms with Gasteiger partial charge in [0.2, 0.25) is 0 Å². The highest BCUT2D eigenvalue weighted by molar-refractivity contribution is 5.28. The van der Waals surface area contributed by atoms with Crippen molar-refractivity contribution >= 4 is 0 Å². The van der Waals surface area contributed by atoms with E-state index >= 15 is 0 Å². The maximum atomic E-state index is 10.9. The fraction of sp³-hybridized carbons (Fsp3) is 0.895. The second-order valence-electron chi connectivity index (χ2n) is 9.16. The molecule has 5 N–H and O–H groups in total. The Morgan fingerprint density at radius 3 is 2.57 bits per heavy atom. The van der Waals surface area contributed by atoms with Crippen LogP contribution in [-0.4, -0.2) is 39.7 Å². The molecule has 0 radical (unpaired) electrons. The van der Waals surface area contributed by atoms with Crippen molar-refractivity contribution in [1.82, 2.24) is 0 Å². The number of hydrogen-bond donors (Lipinski definition) is 4. The summed E-state index contributed by atoms with van der Waals surface area (Å²) in [6.07, 6.45) is 6.27. The van der Waals surface area contributed by atoms with Gasteiger partial charge >= 0.3 is 0 Å². The number of aliphatic hydroxyl groups excluding tert-OH is 3. The third-order valence-electron chi connectivity index (χ3n) is 8.21. The summed E-state index contributed by atoms with van der Waals surface area (Å²) in [4.78, 5) is 0. The van der Waals surface area contributed by atoms with Crippen LogP contribution in [-0.2, 0) is 0 Å². The van der Waals surface area contributed by atoms with Crippen molar-refractivity contribution in [2.75, 3.05) is 0 Å². The largest absolute Gasteiger partial charge is 0.393 e. The molecule has 0 saturated heterocycles. The van der Waals surface area contributed by atoms with E-state index in [2.05, 4.69) is 13.8 Å². The summed E-state index contributed by atoms with van der Waals surface area (Å²) in [5, 5.41) is 31.3. The van der Waals surface area contributed by atoms with Gasteiger partial charge in [0.1, 0.15) is 0 Å². The van der Waals surface area contributed by atoms with Crippen molar-refractivity contribution in [2.24, 2.45) is 34.3 Å². The van der Waals surface area contributed by atoms with E-state index in [0.29, 0.717) is 18.3 Å². The van der Waals surface area contributed by atoms with Gasteiger partial charge in [0.05, 0.1) is 18.3 Å². The van der Waals surface area contributed by atoms with Crippen LogP contribution in [0.25, 0.3) is 0 Å². The minimum atomic E-state index is -0.463. The van der Waals surface area contributed by atoms with Crippen LogP contribution < -0.4 is 5.73 Å². The molecule has 0 amide bonds. The summed E-state index contributed by atoms with van der Waals surface area (Å²) in [6, 6.07) is -0.174. The molecule has 4 aliphatic carbocycles. The molecule has 0 aromatic heterocycles. The maximum Gasteiger partial charge on any atom is 0.0757 e. The lowest BCUT2D eigenvalue weighted by Crippen LogP contribution is -2.56. The number of rotatable bonds is 0. The zero-order chi connectivity index (χ0) is 16.6. The molecule has 4 unspecified atom stereocenters. The number of nitrogens with two attached hydrogens (primary N) is 1. The molecule has 3 fully saturated rings. The Bertz CT molecular complexity index is 535. The van der Waals surface area contributed by atoms with E-state index in [4.69, 9.17) is 5.73 Å². The molecule has 23 heavy (non-hydrogen) atoms. The highest BCUT2D eigenvalue weighted by atomic mass is 16.3. The van der Waals surface area contributed by atoms with Crippen LogP contribution in [0.2, 0.25) is 0 Å². The van der Waals surface area contributed by atoms with E-state index < -0.39 is 12.2 Å². The van der Waals surface area contributed by atoms with Gasteiger partial charge in [-0.1, -0.05) is 25.5 Å². The quantitative estimate of drug-likeness (QED) is 0.510. The summed E-state index contributed by atoms with van der Waals surface area (Å²) >= 11 is 0. The van der Waals surface area contributed by atoms with Crippen molar-refractivity contribution in [3.05, 3.63) is 11.6 Å². The van der Waals surface area contributed by atoms with Crippen molar-refractivity contribution < 1.29 is 15.3 Å². The molecule has 0 aromatic rings. The normalized spacial score (nSPS) is 58.9. The summed E-state index contributed by atoms with van der Waals surface area (Å²) in [5.74, 6) is 0.934. The topological polar surface area (TPSA) is 86.7 Å². The van der Waals surface area contributed by atoms with E-state index in [1.165, 1.54) is 5.57 Å². The molecule has 0 heterocycles. The van der Waals surface area contributed by atoms with Gasteiger partial charge in [-0.25, -0.2) is 0 Å². The van der Waals surface area contributed by atoms with Gasteiger partial charge in [0.15, 0.2) is 0 Å². The zero-order valence-electron chi connectivity index (χ0n) is 14.3. The van der Waals surface area contributed by atoms with Crippen LogP contribution in [0.3, 0.4) is 0 Å². The Morgan fingerprint density at radius 2 is 1.83 bits per heavy atom. The van der Waals surface area contributed by atoms with E-state index in [9.17, 15) is 15.3 Å². The van der Waals surface area contributed by atoms with E-state index in [1.807, 2.05) is 6.08 Å². The average Bonchev–Trinajstić information content (AvgIpc) is 2.73. The van der Waals surface area contributed by atoms with E-state index in [0.717, 1.165) is 32.1 Å². The number of aliphatic hydroxyl groups is 3. The van der Waals surface area contributed by atoms with Gasteiger partial charge in [0, 0.05) is 6.04 Å². The first-order chi connectivity index (χ1) is 10.8. The first-order valence-corrected chi connectivity index (χ1v) is 9.28. The number of hydrogen-bond acceptors (Lipinski definition) is 4. The molecule has 0 bridgehead atoms. The molecule has 9 atom stereocenters. The molecule has 4 rings (SSSR count). The Hall–Kier alpha value is -0.420. The molecule has 3 saturated carbocycles. The van der Waals surface area contributed by atoms with Gasteiger partial charge in [-0.2, -0.15) is 0 Å². The van der Waals surface area contributed by atoms with Crippen LogP contribution in [0.4, 0.5) is 0 Å². The van der Waals surface area contributed by atoms with Gasteiger partial charge in [-0.3, -0.25) is 0 Å². The first-order valence-electron chi connectivity index (χ1n) is 9.28. The Labute approximate surface area is 138 Å². The monoisotopic (exact) mass is 321 g/mol.